The average molecular weight is 435 g/mol. The average Bonchev–Trinajstić information content (AvgIpc) is 2.65. The van der Waals surface area contributed by atoms with Gasteiger partial charge in [0.1, 0.15) is 11.5 Å². The van der Waals surface area contributed by atoms with Gasteiger partial charge in [-0.25, -0.2) is 0 Å². The van der Waals surface area contributed by atoms with E-state index in [2.05, 4.69) is 73.2 Å². The first-order valence-electron chi connectivity index (χ1n) is 12.1. The van der Waals surface area contributed by atoms with E-state index >= 15 is 0 Å². The highest BCUT2D eigenvalue weighted by Gasteiger charge is 2.36. The maximum absolute atomic E-state index is 11.6. The zero-order valence-electron chi connectivity index (χ0n) is 21.3. The van der Waals surface area contributed by atoms with E-state index < -0.39 is 0 Å². The SMILES string of the molecule is C=C(C)c1cc(C)cc(C(c2cc(C)cc(C(C)(C)C)c2O)C2CC(C)CC(C)C2)c1O. The topological polar surface area (TPSA) is 40.5 Å². The Morgan fingerprint density at radius 3 is 1.88 bits per heavy atom. The highest BCUT2D eigenvalue weighted by molar-refractivity contribution is 5.70. The van der Waals surface area contributed by atoms with Crippen molar-refractivity contribution >= 4 is 5.57 Å². The summed E-state index contributed by atoms with van der Waals surface area (Å²) < 4.78 is 0. The Hall–Kier alpha value is -2.22. The van der Waals surface area contributed by atoms with Crippen molar-refractivity contribution < 1.29 is 10.2 Å². The Kier molecular flexibility index (Phi) is 6.84. The van der Waals surface area contributed by atoms with E-state index in [1.807, 2.05) is 13.0 Å². The number of aromatic hydroxyl groups is 2. The summed E-state index contributed by atoms with van der Waals surface area (Å²) in [7, 11) is 0. The molecule has 0 aliphatic heterocycles. The Balaban J connectivity index is 2.32. The third kappa shape index (κ3) is 4.90. The van der Waals surface area contributed by atoms with Gasteiger partial charge in [0.15, 0.2) is 0 Å². The molecule has 2 heteroatoms. The van der Waals surface area contributed by atoms with E-state index in [-0.39, 0.29) is 11.3 Å². The van der Waals surface area contributed by atoms with Crippen molar-refractivity contribution in [2.75, 3.05) is 0 Å². The molecule has 3 unspecified atom stereocenters. The van der Waals surface area contributed by atoms with E-state index in [1.54, 1.807) is 0 Å². The molecule has 0 amide bonds. The van der Waals surface area contributed by atoms with Gasteiger partial charge in [0.2, 0.25) is 0 Å². The largest absolute Gasteiger partial charge is 0.507 e. The van der Waals surface area contributed by atoms with E-state index in [0.29, 0.717) is 29.3 Å². The lowest BCUT2D eigenvalue weighted by Crippen LogP contribution is -2.26. The Morgan fingerprint density at radius 2 is 1.38 bits per heavy atom. The Bertz CT molecular complexity index is 998. The summed E-state index contributed by atoms with van der Waals surface area (Å²) >= 11 is 0. The number of rotatable bonds is 4. The van der Waals surface area contributed by atoms with Crippen molar-refractivity contribution in [1.29, 1.82) is 0 Å². The van der Waals surface area contributed by atoms with Gasteiger partial charge in [0.05, 0.1) is 0 Å². The first-order chi connectivity index (χ1) is 14.8. The molecule has 2 nitrogen and oxygen atoms in total. The molecular formula is C30H42O2. The molecule has 2 aromatic carbocycles. The molecule has 2 N–H and O–H groups in total. The van der Waals surface area contributed by atoms with Gasteiger partial charge in [-0.3, -0.25) is 0 Å². The molecule has 0 spiro atoms. The number of phenolic OH excluding ortho intramolecular Hbond substituents is 2. The van der Waals surface area contributed by atoms with Gasteiger partial charge in [-0.2, -0.15) is 0 Å². The Morgan fingerprint density at radius 1 is 0.875 bits per heavy atom. The van der Waals surface area contributed by atoms with E-state index in [9.17, 15) is 10.2 Å². The van der Waals surface area contributed by atoms with Crippen molar-refractivity contribution in [2.45, 2.75) is 86.0 Å². The van der Waals surface area contributed by atoms with Gasteiger partial charge < -0.3 is 10.2 Å². The van der Waals surface area contributed by atoms with Gasteiger partial charge in [0.25, 0.3) is 0 Å². The van der Waals surface area contributed by atoms with Crippen LogP contribution in [0, 0.1) is 31.6 Å². The quantitative estimate of drug-likeness (QED) is 0.508. The minimum absolute atomic E-state index is 0.0563. The Labute approximate surface area is 195 Å². The predicted molar refractivity (Wildman–Crippen MR) is 137 cm³/mol. The number of hydrogen-bond donors (Lipinski definition) is 2. The summed E-state index contributed by atoms with van der Waals surface area (Å²) in [4.78, 5) is 0. The maximum Gasteiger partial charge on any atom is 0.126 e. The summed E-state index contributed by atoms with van der Waals surface area (Å²) in [6.45, 7) is 21.4. The van der Waals surface area contributed by atoms with Crippen LogP contribution in [0.5, 0.6) is 11.5 Å². The maximum atomic E-state index is 11.6. The molecule has 0 saturated heterocycles. The molecule has 0 heterocycles. The molecule has 1 fully saturated rings. The highest BCUT2D eigenvalue weighted by atomic mass is 16.3. The van der Waals surface area contributed by atoms with Crippen molar-refractivity contribution in [3.05, 3.63) is 64.2 Å². The van der Waals surface area contributed by atoms with Crippen LogP contribution in [-0.2, 0) is 5.41 Å². The summed E-state index contributed by atoms with van der Waals surface area (Å²) in [5.74, 6) is 2.27. The van der Waals surface area contributed by atoms with Crippen LogP contribution >= 0.6 is 0 Å². The first-order valence-corrected chi connectivity index (χ1v) is 12.1. The molecule has 32 heavy (non-hydrogen) atoms. The summed E-state index contributed by atoms with van der Waals surface area (Å²) in [5, 5.41) is 23.0. The molecule has 174 valence electrons. The zero-order chi connectivity index (χ0) is 24.0. The summed E-state index contributed by atoms with van der Waals surface area (Å²) in [5.41, 5.74) is 6.62. The third-order valence-electron chi connectivity index (χ3n) is 7.19. The minimum atomic E-state index is -0.167. The highest BCUT2D eigenvalue weighted by Crippen LogP contribution is 2.51. The molecule has 2 aromatic rings. The molecule has 0 radical (unpaired) electrons. The third-order valence-corrected chi connectivity index (χ3v) is 7.19. The summed E-state index contributed by atoms with van der Waals surface area (Å²) in [6, 6.07) is 8.38. The second-order valence-electron chi connectivity index (χ2n) is 11.7. The van der Waals surface area contributed by atoms with Crippen LogP contribution in [0.2, 0.25) is 0 Å². The molecule has 1 aliphatic carbocycles. The van der Waals surface area contributed by atoms with Gasteiger partial charge in [-0.1, -0.05) is 65.0 Å². The van der Waals surface area contributed by atoms with Crippen LogP contribution in [0.25, 0.3) is 5.57 Å². The van der Waals surface area contributed by atoms with Gasteiger partial charge >= 0.3 is 0 Å². The van der Waals surface area contributed by atoms with Crippen LogP contribution in [-0.4, -0.2) is 10.2 Å². The normalized spacial score (nSPS) is 22.6. The van der Waals surface area contributed by atoms with E-state index in [0.717, 1.165) is 51.8 Å². The molecular weight excluding hydrogens is 392 g/mol. The number of allylic oxidation sites excluding steroid dienone is 1. The van der Waals surface area contributed by atoms with Crippen LogP contribution < -0.4 is 0 Å². The first kappa shape index (κ1) is 24.4. The van der Waals surface area contributed by atoms with Crippen molar-refractivity contribution in [2.24, 2.45) is 17.8 Å². The molecule has 1 saturated carbocycles. The van der Waals surface area contributed by atoms with Crippen LogP contribution in [0.3, 0.4) is 0 Å². The van der Waals surface area contributed by atoms with Crippen molar-refractivity contribution in [3.63, 3.8) is 0 Å². The van der Waals surface area contributed by atoms with Gasteiger partial charge in [0, 0.05) is 22.6 Å². The molecule has 1 aliphatic rings. The second-order valence-corrected chi connectivity index (χ2v) is 11.7. The zero-order valence-corrected chi connectivity index (χ0v) is 21.3. The number of benzene rings is 2. The standard InChI is InChI=1S/C30H42O2/c1-17(2)23-13-20(5)14-24(28(23)31)27(22-11-18(3)10-19(4)12-22)25-15-21(6)16-26(29(25)32)30(7,8)9/h13-16,18-19,22,27,31-32H,1,10-12H2,2-9H3. The monoisotopic (exact) mass is 434 g/mol. The smallest absolute Gasteiger partial charge is 0.126 e. The van der Waals surface area contributed by atoms with E-state index in [1.165, 1.54) is 6.42 Å². The van der Waals surface area contributed by atoms with Crippen molar-refractivity contribution in [1.82, 2.24) is 0 Å². The number of aryl methyl sites for hydroxylation is 2. The van der Waals surface area contributed by atoms with E-state index in [4.69, 9.17) is 0 Å². The minimum Gasteiger partial charge on any atom is -0.507 e. The van der Waals surface area contributed by atoms with Gasteiger partial charge in [-0.05, 0) is 86.0 Å². The molecule has 3 rings (SSSR count). The van der Waals surface area contributed by atoms with Crippen LogP contribution in [0.15, 0.2) is 30.8 Å². The molecule has 0 aromatic heterocycles. The lowest BCUT2D eigenvalue weighted by Gasteiger charge is -2.38. The molecule has 3 atom stereocenters. The fourth-order valence-electron chi connectivity index (χ4n) is 5.94. The number of phenols is 2. The van der Waals surface area contributed by atoms with Gasteiger partial charge in [-0.15, -0.1) is 0 Å². The molecule has 0 bridgehead atoms. The second kappa shape index (κ2) is 8.96. The van der Waals surface area contributed by atoms with Crippen molar-refractivity contribution in [3.8, 4) is 11.5 Å². The lowest BCUT2D eigenvalue weighted by atomic mass is 9.66. The summed E-state index contributed by atoms with van der Waals surface area (Å²) in [6.07, 6.45) is 3.44. The lowest BCUT2D eigenvalue weighted by molar-refractivity contribution is 0.200. The predicted octanol–water partition coefficient (Wildman–Crippen LogP) is 8.25. The van der Waals surface area contributed by atoms with Crippen LogP contribution in [0.4, 0.5) is 0 Å². The fraction of sp³-hybridized carbons (Fsp3) is 0.533. The fourth-order valence-corrected chi connectivity index (χ4v) is 5.94. The van der Waals surface area contributed by atoms with Crippen LogP contribution in [0.1, 0.15) is 100 Å². The number of hydrogen-bond acceptors (Lipinski definition) is 2.